The summed E-state index contributed by atoms with van der Waals surface area (Å²) >= 11 is 6.24. The number of aryl methyl sites for hydroxylation is 2. The van der Waals surface area contributed by atoms with Crippen molar-refractivity contribution in [1.82, 2.24) is 15.1 Å². The molecular formula is C15H21ClN4O4. The van der Waals surface area contributed by atoms with Gasteiger partial charge in [-0.05, 0) is 26.3 Å². The highest BCUT2D eigenvalue weighted by Gasteiger charge is 2.18. The molecule has 9 heteroatoms. The lowest BCUT2D eigenvalue weighted by Gasteiger charge is -2.10. The zero-order chi connectivity index (χ0) is 18.3. The number of aromatic nitrogens is 2. The van der Waals surface area contributed by atoms with E-state index in [1.54, 1.807) is 11.6 Å². The van der Waals surface area contributed by atoms with Crippen LogP contribution in [0.1, 0.15) is 37.9 Å². The Balaban J connectivity index is 2.72. The smallest absolute Gasteiger partial charge is 0.331 e. The molecule has 1 heterocycles. The topological polar surface area (TPSA) is 116 Å². The lowest BCUT2D eigenvalue weighted by atomic mass is 10.2. The fourth-order valence-corrected chi connectivity index (χ4v) is 2.18. The minimum absolute atomic E-state index is 0.435. The lowest BCUT2D eigenvalue weighted by molar-refractivity contribution is -0.149. The van der Waals surface area contributed by atoms with Crippen LogP contribution in [0.5, 0.6) is 0 Å². The van der Waals surface area contributed by atoms with Crippen LogP contribution < -0.4 is 11.1 Å². The number of hydrogen-bond acceptors (Lipinski definition) is 5. The zero-order valence-corrected chi connectivity index (χ0v) is 14.6. The number of carbonyl (C=O) groups is 3. The summed E-state index contributed by atoms with van der Waals surface area (Å²) in [6.07, 6.45) is 3.43. The molecule has 1 rings (SSSR count). The molecule has 0 aliphatic carbocycles. The van der Waals surface area contributed by atoms with Gasteiger partial charge in [-0.15, -0.1) is 0 Å². The van der Waals surface area contributed by atoms with Gasteiger partial charge in [0, 0.05) is 18.2 Å². The van der Waals surface area contributed by atoms with Crippen LogP contribution in [0.3, 0.4) is 0 Å². The molecule has 1 aromatic rings. The molecular weight excluding hydrogens is 336 g/mol. The van der Waals surface area contributed by atoms with Gasteiger partial charge in [0.2, 0.25) is 0 Å². The Hall–Kier alpha value is -2.35. The van der Waals surface area contributed by atoms with Gasteiger partial charge >= 0.3 is 12.0 Å². The average Bonchev–Trinajstić information content (AvgIpc) is 2.76. The van der Waals surface area contributed by atoms with Crippen molar-refractivity contribution in [1.29, 1.82) is 0 Å². The van der Waals surface area contributed by atoms with Gasteiger partial charge in [0.25, 0.3) is 5.91 Å². The van der Waals surface area contributed by atoms with Crippen LogP contribution in [-0.2, 0) is 20.9 Å². The number of nitrogens with two attached hydrogens (primary N) is 1. The molecule has 1 aromatic heterocycles. The van der Waals surface area contributed by atoms with Gasteiger partial charge in [0.1, 0.15) is 5.15 Å². The average molecular weight is 357 g/mol. The second-order valence-electron chi connectivity index (χ2n) is 5.13. The predicted molar refractivity (Wildman–Crippen MR) is 89.2 cm³/mol. The number of esters is 1. The van der Waals surface area contributed by atoms with Gasteiger partial charge in [-0.3, -0.25) is 14.8 Å². The number of hydrogen-bond donors (Lipinski definition) is 2. The number of primary amides is 1. The summed E-state index contributed by atoms with van der Waals surface area (Å²) in [6, 6.07) is -1.01. The summed E-state index contributed by atoms with van der Waals surface area (Å²) in [7, 11) is 0. The SMILES string of the molecule is CCCCn1nc(C)c(/C=C/C(=O)O[C@H](C)C(=O)NC(N)=O)c1Cl. The molecule has 3 amide bonds. The van der Waals surface area contributed by atoms with Gasteiger partial charge in [-0.25, -0.2) is 9.59 Å². The van der Waals surface area contributed by atoms with Crippen molar-refractivity contribution in [2.24, 2.45) is 5.73 Å². The maximum Gasteiger partial charge on any atom is 0.331 e. The van der Waals surface area contributed by atoms with Crippen LogP contribution in [0.15, 0.2) is 6.08 Å². The van der Waals surface area contributed by atoms with E-state index in [0.717, 1.165) is 18.9 Å². The highest BCUT2D eigenvalue weighted by molar-refractivity contribution is 6.31. The summed E-state index contributed by atoms with van der Waals surface area (Å²) in [5.74, 6) is -1.55. The quantitative estimate of drug-likeness (QED) is 0.570. The van der Waals surface area contributed by atoms with Crippen molar-refractivity contribution in [3.63, 3.8) is 0 Å². The van der Waals surface area contributed by atoms with Crippen LogP contribution >= 0.6 is 11.6 Å². The summed E-state index contributed by atoms with van der Waals surface area (Å²) in [5, 5.41) is 6.58. The number of unbranched alkanes of at least 4 members (excludes halogenated alkanes) is 1. The first-order chi connectivity index (χ1) is 11.3. The second kappa shape index (κ2) is 9.07. The molecule has 132 valence electrons. The van der Waals surface area contributed by atoms with Crippen molar-refractivity contribution in [2.75, 3.05) is 0 Å². The fourth-order valence-electron chi connectivity index (χ4n) is 1.85. The molecule has 0 radical (unpaired) electrons. The summed E-state index contributed by atoms with van der Waals surface area (Å²) in [6.45, 7) is 5.86. The number of imide groups is 1. The van der Waals surface area contributed by atoms with Crippen molar-refractivity contribution in [3.8, 4) is 0 Å². The van der Waals surface area contributed by atoms with E-state index in [1.807, 2.05) is 5.32 Å². The molecule has 0 spiro atoms. The van der Waals surface area contributed by atoms with Crippen LogP contribution in [0.2, 0.25) is 5.15 Å². The third kappa shape index (κ3) is 5.69. The number of rotatable bonds is 7. The Morgan fingerprint density at radius 3 is 2.71 bits per heavy atom. The summed E-state index contributed by atoms with van der Waals surface area (Å²) in [5.41, 5.74) is 6.11. The van der Waals surface area contributed by atoms with E-state index < -0.39 is 24.0 Å². The monoisotopic (exact) mass is 356 g/mol. The van der Waals surface area contributed by atoms with Gasteiger partial charge < -0.3 is 10.5 Å². The number of amides is 3. The first-order valence-corrected chi connectivity index (χ1v) is 7.86. The molecule has 0 aliphatic rings. The highest BCUT2D eigenvalue weighted by Crippen LogP contribution is 2.21. The van der Waals surface area contributed by atoms with Crippen molar-refractivity contribution >= 4 is 35.6 Å². The van der Waals surface area contributed by atoms with Gasteiger partial charge in [-0.2, -0.15) is 5.10 Å². The largest absolute Gasteiger partial charge is 0.449 e. The van der Waals surface area contributed by atoms with Crippen molar-refractivity contribution in [2.45, 2.75) is 46.3 Å². The highest BCUT2D eigenvalue weighted by atomic mass is 35.5. The normalized spacial score (nSPS) is 12.2. The number of carbonyl (C=O) groups excluding carboxylic acids is 3. The first kappa shape index (κ1) is 19.7. The van der Waals surface area contributed by atoms with Gasteiger partial charge in [0.15, 0.2) is 6.10 Å². The van der Waals surface area contributed by atoms with Crippen molar-refractivity contribution < 1.29 is 19.1 Å². The molecule has 3 N–H and O–H groups in total. The van der Waals surface area contributed by atoms with Crippen LogP contribution in [0, 0.1) is 6.92 Å². The minimum Gasteiger partial charge on any atom is -0.449 e. The van der Waals surface area contributed by atoms with Gasteiger partial charge in [0.05, 0.1) is 5.69 Å². The van der Waals surface area contributed by atoms with E-state index in [4.69, 9.17) is 22.1 Å². The van der Waals surface area contributed by atoms with E-state index in [2.05, 4.69) is 12.0 Å². The molecule has 0 saturated carbocycles. The predicted octanol–water partition coefficient (Wildman–Crippen LogP) is 1.78. The van der Waals surface area contributed by atoms with E-state index in [0.29, 0.717) is 23.0 Å². The molecule has 0 aliphatic heterocycles. The van der Waals surface area contributed by atoms with E-state index >= 15 is 0 Å². The van der Waals surface area contributed by atoms with Crippen LogP contribution in [0.4, 0.5) is 4.79 Å². The fraction of sp³-hybridized carbons (Fsp3) is 0.467. The Bertz CT molecular complexity index is 654. The van der Waals surface area contributed by atoms with Crippen LogP contribution in [0.25, 0.3) is 6.08 Å². The minimum atomic E-state index is -1.15. The Morgan fingerprint density at radius 1 is 1.46 bits per heavy atom. The van der Waals surface area contributed by atoms with Crippen molar-refractivity contribution in [3.05, 3.63) is 22.5 Å². The third-order valence-electron chi connectivity index (χ3n) is 3.13. The Morgan fingerprint density at radius 2 is 2.12 bits per heavy atom. The molecule has 0 aromatic carbocycles. The summed E-state index contributed by atoms with van der Waals surface area (Å²) in [4.78, 5) is 33.7. The van der Waals surface area contributed by atoms with E-state index in [9.17, 15) is 14.4 Å². The Labute approximate surface area is 145 Å². The maximum absolute atomic E-state index is 11.7. The van der Waals surface area contributed by atoms with Gasteiger partial charge in [-0.1, -0.05) is 24.9 Å². The van der Waals surface area contributed by atoms with E-state index in [1.165, 1.54) is 13.0 Å². The van der Waals surface area contributed by atoms with E-state index in [-0.39, 0.29) is 0 Å². The molecule has 24 heavy (non-hydrogen) atoms. The lowest BCUT2D eigenvalue weighted by Crippen LogP contribution is -2.42. The number of halogens is 1. The first-order valence-electron chi connectivity index (χ1n) is 7.48. The third-order valence-corrected chi connectivity index (χ3v) is 3.53. The number of urea groups is 1. The second-order valence-corrected chi connectivity index (χ2v) is 5.49. The summed E-state index contributed by atoms with van der Waals surface area (Å²) < 4.78 is 6.55. The molecule has 0 saturated heterocycles. The maximum atomic E-state index is 11.7. The van der Waals surface area contributed by atoms with Crippen LogP contribution in [-0.4, -0.2) is 33.8 Å². The number of ether oxygens (including phenoxy) is 1. The molecule has 0 bridgehead atoms. The zero-order valence-electron chi connectivity index (χ0n) is 13.8. The Kier molecular flexibility index (Phi) is 7.44. The molecule has 8 nitrogen and oxygen atoms in total. The molecule has 1 atom stereocenters. The standard InChI is InChI=1S/C15H21ClN4O4/c1-4-5-8-20-13(16)11(9(2)19-20)6-7-12(21)24-10(3)14(22)18-15(17)23/h6-7,10H,4-5,8H2,1-3H3,(H3,17,18,22,23)/b7-6+/t10-/m1/s1. The number of nitrogens with zero attached hydrogens (tertiary/aromatic N) is 2. The molecule has 0 unspecified atom stereocenters. The number of nitrogens with one attached hydrogen (secondary N) is 1. The molecule has 0 fully saturated rings.